The van der Waals surface area contributed by atoms with Gasteiger partial charge in [-0.05, 0) is 12.1 Å². The number of anilines is 1. The third kappa shape index (κ3) is 6.36. The van der Waals surface area contributed by atoms with Crippen LogP contribution in [0.4, 0.5) is 5.69 Å². The second-order valence-corrected chi connectivity index (χ2v) is 7.96. The summed E-state index contributed by atoms with van der Waals surface area (Å²) in [4.78, 5) is -0.663. The van der Waals surface area contributed by atoms with Crippen LogP contribution in [0.5, 0.6) is 0 Å². The van der Waals surface area contributed by atoms with Gasteiger partial charge >= 0.3 is 10.4 Å². The van der Waals surface area contributed by atoms with Crippen LogP contribution in [0.3, 0.4) is 0 Å². The summed E-state index contributed by atoms with van der Waals surface area (Å²) in [6.07, 6.45) is 0. The number of rotatable bonds is 7. The minimum absolute atomic E-state index is 0.410. The smallest absolute Gasteiger partial charge is 0.282 e. The lowest BCUT2D eigenvalue weighted by Crippen LogP contribution is -2.22. The van der Waals surface area contributed by atoms with Crippen molar-refractivity contribution in [3.63, 3.8) is 0 Å². The Hall–Kier alpha value is -1.25. The molecule has 0 aliphatic heterocycles. The summed E-state index contributed by atoms with van der Waals surface area (Å²) in [5.74, 6) is -0.868. The Labute approximate surface area is 121 Å². The second kappa shape index (κ2) is 6.25. The monoisotopic (exact) mass is 361 g/mol. The maximum Gasteiger partial charge on any atom is 0.397 e. The van der Waals surface area contributed by atoms with E-state index in [4.69, 9.17) is 9.11 Å². The molecule has 1 rings (SSSR count). The van der Waals surface area contributed by atoms with Crippen molar-refractivity contribution in [2.45, 2.75) is 4.90 Å². The molecule has 1 aromatic rings. The standard InChI is InChI=1S/C8H11NO9S3/c10-19(11,6-5-18-21(15,16)17)9-7-3-1-2-4-8(7)20(12,13)14/h1-4,9H,5-6H2,(H,12,13,14)(H,15,16,17). The molecule has 0 heterocycles. The molecule has 13 heteroatoms. The van der Waals surface area contributed by atoms with E-state index >= 15 is 0 Å². The zero-order valence-corrected chi connectivity index (χ0v) is 12.7. The van der Waals surface area contributed by atoms with Crippen LogP contribution in [-0.4, -0.2) is 46.7 Å². The molecule has 0 saturated heterocycles. The Morgan fingerprint density at radius 1 is 1.00 bits per heavy atom. The van der Waals surface area contributed by atoms with Gasteiger partial charge in [0.25, 0.3) is 10.1 Å². The molecule has 0 atom stereocenters. The van der Waals surface area contributed by atoms with Crippen molar-refractivity contribution in [2.75, 3.05) is 17.1 Å². The van der Waals surface area contributed by atoms with E-state index in [-0.39, 0.29) is 0 Å². The van der Waals surface area contributed by atoms with E-state index < -0.39 is 53.5 Å². The molecule has 0 radical (unpaired) electrons. The third-order valence-electron chi connectivity index (χ3n) is 2.01. The van der Waals surface area contributed by atoms with Crippen LogP contribution in [0.15, 0.2) is 29.2 Å². The van der Waals surface area contributed by atoms with Crippen molar-refractivity contribution in [3.05, 3.63) is 24.3 Å². The molecular weight excluding hydrogens is 350 g/mol. The van der Waals surface area contributed by atoms with Crippen LogP contribution in [-0.2, 0) is 34.7 Å². The van der Waals surface area contributed by atoms with E-state index in [1.54, 1.807) is 0 Å². The fraction of sp³-hybridized carbons (Fsp3) is 0.250. The SMILES string of the molecule is O=S(=O)(CCOS(=O)(=O)O)Nc1ccccc1S(=O)(=O)O. The third-order valence-corrected chi connectivity index (χ3v) is 4.63. The molecule has 0 saturated carbocycles. The van der Waals surface area contributed by atoms with Crippen molar-refractivity contribution in [3.8, 4) is 0 Å². The van der Waals surface area contributed by atoms with E-state index in [1.165, 1.54) is 12.1 Å². The van der Waals surface area contributed by atoms with E-state index in [0.29, 0.717) is 0 Å². The van der Waals surface area contributed by atoms with Crippen molar-refractivity contribution in [1.29, 1.82) is 0 Å². The summed E-state index contributed by atoms with van der Waals surface area (Å²) in [6.45, 7) is -0.873. The van der Waals surface area contributed by atoms with E-state index in [2.05, 4.69) is 4.18 Å². The molecule has 3 N–H and O–H groups in total. The van der Waals surface area contributed by atoms with Crippen LogP contribution in [0.2, 0.25) is 0 Å². The van der Waals surface area contributed by atoms with Crippen molar-refractivity contribution >= 4 is 36.2 Å². The summed E-state index contributed by atoms with van der Waals surface area (Å²) in [6, 6.07) is 4.65. The minimum atomic E-state index is -4.78. The summed E-state index contributed by atoms with van der Waals surface area (Å²) in [5, 5.41) is 0. The Bertz CT molecular complexity index is 810. The Morgan fingerprint density at radius 2 is 1.57 bits per heavy atom. The van der Waals surface area contributed by atoms with Gasteiger partial charge in [0, 0.05) is 0 Å². The van der Waals surface area contributed by atoms with Gasteiger partial charge in [-0.3, -0.25) is 13.8 Å². The van der Waals surface area contributed by atoms with E-state index in [0.717, 1.165) is 12.1 Å². The quantitative estimate of drug-likeness (QED) is 0.543. The first-order chi connectivity index (χ1) is 9.41. The Balaban J connectivity index is 2.91. The largest absolute Gasteiger partial charge is 0.397 e. The Kier molecular flexibility index (Phi) is 5.30. The van der Waals surface area contributed by atoms with Crippen LogP contribution >= 0.6 is 0 Å². The predicted molar refractivity (Wildman–Crippen MR) is 71.2 cm³/mol. The van der Waals surface area contributed by atoms with E-state index in [9.17, 15) is 25.3 Å². The van der Waals surface area contributed by atoms with Gasteiger partial charge in [-0.15, -0.1) is 0 Å². The number of hydrogen-bond donors (Lipinski definition) is 3. The average Bonchev–Trinajstić information content (AvgIpc) is 2.25. The van der Waals surface area contributed by atoms with Gasteiger partial charge in [0.2, 0.25) is 10.0 Å². The van der Waals surface area contributed by atoms with Gasteiger partial charge in [0.1, 0.15) is 4.90 Å². The normalized spacial score (nSPS) is 13.0. The molecule has 0 aromatic heterocycles. The summed E-state index contributed by atoms with van der Waals surface area (Å²) in [5.41, 5.74) is -0.410. The topological polar surface area (TPSA) is 164 Å². The van der Waals surface area contributed by atoms with Crippen LogP contribution in [0, 0.1) is 0 Å². The maximum absolute atomic E-state index is 11.6. The highest BCUT2D eigenvalue weighted by Crippen LogP contribution is 2.21. The van der Waals surface area contributed by atoms with Crippen LogP contribution in [0.1, 0.15) is 0 Å². The van der Waals surface area contributed by atoms with Gasteiger partial charge in [-0.2, -0.15) is 16.8 Å². The molecule has 0 aliphatic carbocycles. The van der Waals surface area contributed by atoms with Gasteiger partial charge in [0.05, 0.1) is 18.0 Å². The van der Waals surface area contributed by atoms with Gasteiger partial charge in [-0.1, -0.05) is 12.1 Å². The average molecular weight is 361 g/mol. The zero-order chi connectivity index (χ0) is 16.3. The number of benzene rings is 1. The first-order valence-electron chi connectivity index (χ1n) is 5.09. The molecule has 0 amide bonds. The Morgan fingerprint density at radius 3 is 2.10 bits per heavy atom. The predicted octanol–water partition coefficient (Wildman–Crippen LogP) is -0.506. The summed E-state index contributed by atoms with van der Waals surface area (Å²) >= 11 is 0. The number of hydrogen-bond acceptors (Lipinski definition) is 7. The van der Waals surface area contributed by atoms with Gasteiger partial charge < -0.3 is 0 Å². The molecule has 1 aromatic carbocycles. The molecular formula is C8H11NO9S3. The lowest BCUT2D eigenvalue weighted by molar-refractivity contribution is 0.284. The molecule has 0 fully saturated rings. The fourth-order valence-corrected chi connectivity index (χ4v) is 3.27. The molecule has 0 aliphatic rings. The minimum Gasteiger partial charge on any atom is -0.282 e. The van der Waals surface area contributed by atoms with Crippen LogP contribution in [0.25, 0.3) is 0 Å². The number of sulfonamides is 1. The first kappa shape index (κ1) is 17.8. The fourth-order valence-electron chi connectivity index (χ4n) is 1.24. The maximum atomic E-state index is 11.6. The number of para-hydroxylation sites is 1. The lowest BCUT2D eigenvalue weighted by Gasteiger charge is -2.10. The molecule has 120 valence electrons. The van der Waals surface area contributed by atoms with E-state index in [1.807, 2.05) is 4.72 Å². The molecule has 0 unspecified atom stereocenters. The second-order valence-electron chi connectivity index (χ2n) is 3.64. The molecule has 0 bridgehead atoms. The van der Waals surface area contributed by atoms with Crippen molar-refractivity contribution < 1.29 is 38.5 Å². The number of nitrogens with one attached hydrogen (secondary N) is 1. The molecule has 10 nitrogen and oxygen atoms in total. The van der Waals surface area contributed by atoms with Crippen molar-refractivity contribution in [1.82, 2.24) is 0 Å². The first-order valence-corrected chi connectivity index (χ1v) is 9.55. The van der Waals surface area contributed by atoms with Gasteiger partial charge in [-0.25, -0.2) is 12.6 Å². The summed E-state index contributed by atoms with van der Waals surface area (Å²) < 4.78 is 88.8. The van der Waals surface area contributed by atoms with Gasteiger partial charge in [0.15, 0.2) is 0 Å². The highest BCUT2D eigenvalue weighted by atomic mass is 32.3. The highest BCUT2D eigenvalue weighted by molar-refractivity contribution is 7.92. The molecule has 0 spiro atoms. The lowest BCUT2D eigenvalue weighted by atomic mass is 10.3. The van der Waals surface area contributed by atoms with Crippen molar-refractivity contribution in [2.24, 2.45) is 0 Å². The molecule has 21 heavy (non-hydrogen) atoms. The zero-order valence-electron chi connectivity index (χ0n) is 10.2. The summed E-state index contributed by atoms with van der Waals surface area (Å²) in [7, 11) is -13.6. The highest BCUT2D eigenvalue weighted by Gasteiger charge is 2.19. The van der Waals surface area contributed by atoms with Crippen LogP contribution < -0.4 is 4.72 Å².